The summed E-state index contributed by atoms with van der Waals surface area (Å²) in [4.78, 5) is 0. The minimum atomic E-state index is -0.233. The second-order valence-electron chi connectivity index (χ2n) is 4.96. The Morgan fingerprint density at radius 1 is 1.32 bits per heavy atom. The predicted octanol–water partition coefficient (Wildman–Crippen LogP) is 2.99. The topological polar surface area (TPSA) is 30.5 Å². The molecule has 0 saturated heterocycles. The third-order valence-electron chi connectivity index (χ3n) is 2.67. The first kappa shape index (κ1) is 15.9. The monoisotopic (exact) mass is 269 g/mol. The average Bonchev–Trinajstić information content (AvgIpc) is 2.38. The van der Waals surface area contributed by atoms with E-state index >= 15 is 0 Å². The molecule has 0 fully saturated rings. The van der Waals surface area contributed by atoms with Gasteiger partial charge in [0, 0.05) is 31.4 Å². The van der Waals surface area contributed by atoms with E-state index in [1.807, 2.05) is 0 Å². The van der Waals surface area contributed by atoms with Crippen LogP contribution in [0.4, 0.5) is 4.39 Å². The minimum absolute atomic E-state index is 0.233. The van der Waals surface area contributed by atoms with Gasteiger partial charge in [-0.1, -0.05) is 19.9 Å². The average molecular weight is 269 g/mol. The quantitative estimate of drug-likeness (QED) is 0.699. The maximum absolute atomic E-state index is 13.6. The van der Waals surface area contributed by atoms with Crippen molar-refractivity contribution in [3.63, 3.8) is 0 Å². The van der Waals surface area contributed by atoms with Crippen LogP contribution < -0.4 is 10.1 Å². The van der Waals surface area contributed by atoms with Gasteiger partial charge in [-0.3, -0.25) is 0 Å². The van der Waals surface area contributed by atoms with Gasteiger partial charge < -0.3 is 14.8 Å². The van der Waals surface area contributed by atoms with Crippen molar-refractivity contribution >= 4 is 0 Å². The van der Waals surface area contributed by atoms with E-state index in [1.54, 1.807) is 12.1 Å². The molecule has 0 aromatic heterocycles. The zero-order valence-corrected chi connectivity index (χ0v) is 12.0. The van der Waals surface area contributed by atoms with Crippen LogP contribution in [0.2, 0.25) is 0 Å². The molecule has 1 aromatic rings. The number of hydrogen-bond acceptors (Lipinski definition) is 3. The summed E-state index contributed by atoms with van der Waals surface area (Å²) in [5.41, 5.74) is 0.656. The van der Waals surface area contributed by atoms with Gasteiger partial charge in [0.15, 0.2) is 0 Å². The fourth-order valence-corrected chi connectivity index (χ4v) is 1.64. The molecule has 4 heteroatoms. The zero-order chi connectivity index (χ0) is 14.1. The van der Waals surface area contributed by atoms with Gasteiger partial charge in [-0.05, 0) is 24.9 Å². The highest BCUT2D eigenvalue weighted by atomic mass is 19.1. The second-order valence-corrected chi connectivity index (χ2v) is 4.96. The molecule has 0 spiro atoms. The molecule has 1 aromatic carbocycles. The first-order valence-corrected chi connectivity index (χ1v) is 6.74. The Labute approximate surface area is 115 Å². The summed E-state index contributed by atoms with van der Waals surface area (Å²) in [5, 5.41) is 3.21. The van der Waals surface area contributed by atoms with Crippen LogP contribution in [-0.2, 0) is 11.3 Å². The Hall–Kier alpha value is -1.13. The Bertz CT molecular complexity index is 369. The van der Waals surface area contributed by atoms with Crippen molar-refractivity contribution in [2.45, 2.75) is 26.8 Å². The van der Waals surface area contributed by atoms with E-state index in [0.717, 1.165) is 26.2 Å². The summed E-state index contributed by atoms with van der Waals surface area (Å²) >= 11 is 0. The smallest absolute Gasteiger partial charge is 0.131 e. The number of benzene rings is 1. The molecule has 0 aliphatic carbocycles. The maximum atomic E-state index is 13.6. The summed E-state index contributed by atoms with van der Waals surface area (Å²) in [6.07, 6.45) is 0.935. The van der Waals surface area contributed by atoms with Crippen molar-refractivity contribution in [3.8, 4) is 5.75 Å². The lowest BCUT2D eigenvalue weighted by Gasteiger charge is -2.09. The molecule has 0 saturated carbocycles. The molecule has 0 radical (unpaired) electrons. The third kappa shape index (κ3) is 6.55. The van der Waals surface area contributed by atoms with Crippen LogP contribution in [0, 0.1) is 11.7 Å². The number of ether oxygens (including phenoxy) is 2. The van der Waals surface area contributed by atoms with E-state index in [-0.39, 0.29) is 5.82 Å². The largest absolute Gasteiger partial charge is 0.497 e. The van der Waals surface area contributed by atoms with Gasteiger partial charge in [-0.2, -0.15) is 0 Å². The molecule has 0 aliphatic heterocycles. The van der Waals surface area contributed by atoms with E-state index in [4.69, 9.17) is 9.47 Å². The number of nitrogens with one attached hydrogen (secondary N) is 1. The number of rotatable bonds is 9. The van der Waals surface area contributed by atoms with Crippen LogP contribution in [0.25, 0.3) is 0 Å². The van der Waals surface area contributed by atoms with Gasteiger partial charge in [0.1, 0.15) is 11.6 Å². The number of halogens is 1. The van der Waals surface area contributed by atoms with Crippen LogP contribution in [0.3, 0.4) is 0 Å². The minimum Gasteiger partial charge on any atom is -0.497 e. The highest BCUT2D eigenvalue weighted by molar-refractivity contribution is 5.28. The third-order valence-corrected chi connectivity index (χ3v) is 2.67. The zero-order valence-electron chi connectivity index (χ0n) is 12.0. The second kappa shape index (κ2) is 8.88. The first-order chi connectivity index (χ1) is 9.13. The molecular weight excluding hydrogens is 245 g/mol. The molecule has 0 unspecified atom stereocenters. The SMILES string of the molecule is COc1ccc(CNCCCOCC(C)C)c(F)c1. The van der Waals surface area contributed by atoms with Crippen molar-refractivity contribution in [2.75, 3.05) is 26.9 Å². The molecule has 0 heterocycles. The van der Waals surface area contributed by atoms with Gasteiger partial charge in [-0.25, -0.2) is 4.39 Å². The fourth-order valence-electron chi connectivity index (χ4n) is 1.64. The lowest BCUT2D eigenvalue weighted by atomic mass is 10.2. The molecule has 1 N–H and O–H groups in total. The van der Waals surface area contributed by atoms with E-state index < -0.39 is 0 Å². The highest BCUT2D eigenvalue weighted by Gasteiger charge is 2.03. The van der Waals surface area contributed by atoms with Crippen molar-refractivity contribution in [1.29, 1.82) is 0 Å². The lowest BCUT2D eigenvalue weighted by Crippen LogP contribution is -2.17. The normalized spacial score (nSPS) is 11.0. The molecule has 1 rings (SSSR count). The summed E-state index contributed by atoms with van der Waals surface area (Å²) in [5.74, 6) is 0.882. The van der Waals surface area contributed by atoms with E-state index in [9.17, 15) is 4.39 Å². The molecule has 3 nitrogen and oxygen atoms in total. The van der Waals surface area contributed by atoms with Crippen LogP contribution in [0.1, 0.15) is 25.8 Å². The Kier molecular flexibility index (Phi) is 7.45. The number of hydrogen-bond donors (Lipinski definition) is 1. The summed E-state index contributed by atoms with van der Waals surface area (Å²) < 4.78 is 24.0. The first-order valence-electron chi connectivity index (χ1n) is 6.74. The van der Waals surface area contributed by atoms with Gasteiger partial charge in [-0.15, -0.1) is 0 Å². The standard InChI is InChI=1S/C15H24FNO2/c1-12(2)11-19-8-4-7-17-10-13-5-6-14(18-3)9-15(13)16/h5-6,9,12,17H,4,7-8,10-11H2,1-3H3. The molecule has 0 bridgehead atoms. The summed E-state index contributed by atoms with van der Waals surface area (Å²) in [6, 6.07) is 4.92. The van der Waals surface area contributed by atoms with E-state index in [0.29, 0.717) is 23.8 Å². The van der Waals surface area contributed by atoms with E-state index in [1.165, 1.54) is 13.2 Å². The molecule has 108 valence electrons. The Morgan fingerprint density at radius 2 is 2.11 bits per heavy atom. The number of methoxy groups -OCH3 is 1. The van der Waals surface area contributed by atoms with Crippen molar-refractivity contribution in [1.82, 2.24) is 5.32 Å². The van der Waals surface area contributed by atoms with Gasteiger partial charge >= 0.3 is 0 Å². The summed E-state index contributed by atoms with van der Waals surface area (Å²) in [7, 11) is 1.53. The van der Waals surface area contributed by atoms with Gasteiger partial charge in [0.2, 0.25) is 0 Å². The van der Waals surface area contributed by atoms with Crippen molar-refractivity contribution in [2.24, 2.45) is 5.92 Å². The molecule has 0 amide bonds. The van der Waals surface area contributed by atoms with Gasteiger partial charge in [0.25, 0.3) is 0 Å². The Balaban J connectivity index is 2.15. The fraction of sp³-hybridized carbons (Fsp3) is 0.600. The van der Waals surface area contributed by atoms with Crippen LogP contribution in [-0.4, -0.2) is 26.9 Å². The molecule has 0 atom stereocenters. The van der Waals surface area contributed by atoms with Gasteiger partial charge in [0.05, 0.1) is 7.11 Å². The molecule has 0 aliphatic rings. The van der Waals surface area contributed by atoms with Crippen molar-refractivity contribution < 1.29 is 13.9 Å². The maximum Gasteiger partial charge on any atom is 0.131 e. The van der Waals surface area contributed by atoms with Crippen molar-refractivity contribution in [3.05, 3.63) is 29.6 Å². The van der Waals surface area contributed by atoms with E-state index in [2.05, 4.69) is 19.2 Å². The van der Waals surface area contributed by atoms with Crippen LogP contribution in [0.15, 0.2) is 18.2 Å². The van der Waals surface area contributed by atoms with Crippen LogP contribution in [0.5, 0.6) is 5.75 Å². The predicted molar refractivity (Wildman–Crippen MR) is 74.9 cm³/mol. The lowest BCUT2D eigenvalue weighted by molar-refractivity contribution is 0.108. The Morgan fingerprint density at radius 3 is 2.74 bits per heavy atom. The van der Waals surface area contributed by atoms with Crippen LogP contribution >= 0.6 is 0 Å². The molecule has 19 heavy (non-hydrogen) atoms. The molecular formula is C15H24FNO2. The highest BCUT2D eigenvalue weighted by Crippen LogP contribution is 2.15. The summed E-state index contributed by atoms with van der Waals surface area (Å²) in [6.45, 7) is 7.16.